The molecule has 0 saturated carbocycles. The molecular formula is C60H82N8O12. The summed E-state index contributed by atoms with van der Waals surface area (Å²) >= 11 is 0. The maximum atomic E-state index is 15.0. The molecule has 1 aliphatic heterocycles. The summed E-state index contributed by atoms with van der Waals surface area (Å²) in [5.74, 6) is -7.87. The van der Waals surface area contributed by atoms with Gasteiger partial charge >= 0.3 is 23.9 Å². The molecule has 1 fully saturated rings. The SMILES string of the molecule is CC(C)/C=C1\C(=O)O[C@H](C)C(=O)N(C)[C@@H](CC(C)C)C(=O)O[C@H](Cc2cccc(Cn3ccnc3)c2)C(=O)N(C)C(CC(C)C)C(=O)O[C@H](C)C(=O)N(C)[C@@H](CC(C)C)C(=O)O[C@H](Cc2ccc(Cn3ccnc3)cc2)C(=O)N1C. The molecule has 0 radical (unpaired) electrons. The van der Waals surface area contributed by atoms with Crippen LogP contribution in [0.25, 0.3) is 0 Å². The number of allylic oxidation sites excluding steroid dienone is 1. The quantitative estimate of drug-likeness (QED) is 0.0727. The second-order valence-corrected chi connectivity index (χ2v) is 22.5. The molecule has 1 aliphatic rings. The molecule has 4 amide bonds. The summed E-state index contributed by atoms with van der Waals surface area (Å²) in [6.07, 6.45) is 5.62. The molecule has 0 aliphatic carbocycles. The van der Waals surface area contributed by atoms with Crippen molar-refractivity contribution in [3.8, 4) is 0 Å². The van der Waals surface area contributed by atoms with Gasteiger partial charge in [-0.15, -0.1) is 0 Å². The second-order valence-electron chi connectivity index (χ2n) is 22.5. The molecular weight excluding hydrogens is 1020 g/mol. The first-order chi connectivity index (χ1) is 37.7. The lowest BCUT2D eigenvalue weighted by Crippen LogP contribution is -2.54. The Kier molecular flexibility index (Phi) is 22.9. The Balaban J connectivity index is 1.61. The van der Waals surface area contributed by atoms with E-state index < -0.39 is 90.0 Å². The standard InChI is InChI=1S/C60H82N8O12/c1-37(2)26-47-57(73)77-42(10)54(70)64(12)50(29-40(7)8)60(76)80-52(32-45-16-15-17-46(30-45)34-68-25-23-62-36-68)56(72)66(14)48(27-38(3)4)58(74)78-41(9)53(69)63(11)49(28-39(5)6)59(75)79-51(55(71)65(47)13)31-43-18-20-44(21-19-43)33-67-24-22-61-35-67/h15-26,30,35-42,48-52H,27-29,31-34H2,1-14H3/b47-26+/t41-,42-,48?,49+,50+,51-,52-/m1/s1. The second kappa shape index (κ2) is 29.0. The number of aromatic nitrogens is 4. The van der Waals surface area contributed by atoms with Gasteiger partial charge in [-0.1, -0.05) is 110 Å². The predicted octanol–water partition coefficient (Wildman–Crippen LogP) is 6.28. The van der Waals surface area contributed by atoms with E-state index in [1.165, 1.54) is 48.1 Å². The molecule has 2 aromatic carbocycles. The number of carbonyl (C=O) groups excluding carboxylic acids is 8. The minimum atomic E-state index is -1.57. The van der Waals surface area contributed by atoms with Gasteiger partial charge in [-0.3, -0.25) is 19.2 Å². The van der Waals surface area contributed by atoms with E-state index in [4.69, 9.17) is 18.9 Å². The van der Waals surface area contributed by atoms with Crippen LogP contribution in [-0.2, 0) is 83.2 Å². The first kappa shape index (κ1) is 63.2. The van der Waals surface area contributed by atoms with E-state index in [-0.39, 0.29) is 61.5 Å². The maximum absolute atomic E-state index is 15.0. The van der Waals surface area contributed by atoms with E-state index in [1.54, 1.807) is 57.1 Å². The van der Waals surface area contributed by atoms with Crippen LogP contribution in [-0.4, -0.2) is 157 Å². The summed E-state index contributed by atoms with van der Waals surface area (Å²) < 4.78 is 27.9. The van der Waals surface area contributed by atoms with Gasteiger partial charge in [0.25, 0.3) is 23.6 Å². The minimum Gasteiger partial charge on any atom is -0.451 e. The Morgan fingerprint density at radius 1 is 0.500 bits per heavy atom. The summed E-state index contributed by atoms with van der Waals surface area (Å²) in [5, 5.41) is 0. The highest BCUT2D eigenvalue weighted by Gasteiger charge is 2.42. The zero-order chi connectivity index (χ0) is 59.1. The number of benzene rings is 2. The number of rotatable bonds is 15. The van der Waals surface area contributed by atoms with Crippen LogP contribution < -0.4 is 0 Å². The van der Waals surface area contributed by atoms with Crippen LogP contribution in [0.4, 0.5) is 0 Å². The van der Waals surface area contributed by atoms with E-state index in [0.29, 0.717) is 24.2 Å². The molecule has 434 valence electrons. The Hall–Kier alpha value is -7.64. The zero-order valence-electron chi connectivity index (χ0n) is 48.9. The van der Waals surface area contributed by atoms with Crippen LogP contribution in [0, 0.1) is 23.7 Å². The van der Waals surface area contributed by atoms with Crippen LogP contribution in [0.1, 0.15) is 111 Å². The fourth-order valence-electron chi connectivity index (χ4n) is 9.42. The van der Waals surface area contributed by atoms with Crippen molar-refractivity contribution in [3.05, 3.63) is 120 Å². The van der Waals surface area contributed by atoms with E-state index in [9.17, 15) is 33.6 Å². The number of hydrogen-bond donors (Lipinski definition) is 0. The number of likely N-dealkylation sites (N-methyl/N-ethyl adjacent to an activating group) is 4. The average molecular weight is 1110 g/mol. The highest BCUT2D eigenvalue weighted by molar-refractivity contribution is 5.98. The number of esters is 4. The van der Waals surface area contributed by atoms with E-state index in [0.717, 1.165) is 30.7 Å². The van der Waals surface area contributed by atoms with Crippen LogP contribution in [0.3, 0.4) is 0 Å². The molecule has 20 nitrogen and oxygen atoms in total. The molecule has 0 spiro atoms. The van der Waals surface area contributed by atoms with Crippen molar-refractivity contribution in [2.75, 3.05) is 28.2 Å². The van der Waals surface area contributed by atoms with Gasteiger partial charge in [0.1, 0.15) is 23.8 Å². The number of imidazole rings is 2. The van der Waals surface area contributed by atoms with Gasteiger partial charge in [0, 0.05) is 78.9 Å². The number of ether oxygens (including phenoxy) is 4. The summed E-state index contributed by atoms with van der Waals surface area (Å²) in [5.41, 5.74) is 2.76. The summed E-state index contributed by atoms with van der Waals surface area (Å²) in [6, 6.07) is 10.8. The number of hydrogen-bond acceptors (Lipinski definition) is 14. The Bertz CT molecular complexity index is 2770. The lowest BCUT2D eigenvalue weighted by Gasteiger charge is -2.34. The third-order valence-electron chi connectivity index (χ3n) is 13.8. The average Bonchev–Trinajstić information content (AvgIpc) is 4.17. The molecule has 3 heterocycles. The predicted molar refractivity (Wildman–Crippen MR) is 298 cm³/mol. The molecule has 0 N–H and O–H groups in total. The van der Waals surface area contributed by atoms with Gasteiger partial charge < -0.3 is 47.7 Å². The van der Waals surface area contributed by atoms with Gasteiger partial charge in [-0.05, 0) is 79.0 Å². The summed E-state index contributed by atoms with van der Waals surface area (Å²) in [7, 11) is 5.48. The van der Waals surface area contributed by atoms with Crippen LogP contribution in [0.2, 0.25) is 0 Å². The third-order valence-corrected chi connectivity index (χ3v) is 13.8. The van der Waals surface area contributed by atoms with Gasteiger partial charge in [-0.25, -0.2) is 29.1 Å². The molecule has 7 atom stereocenters. The number of amides is 4. The Labute approximate surface area is 470 Å². The largest absolute Gasteiger partial charge is 0.451 e. The van der Waals surface area contributed by atoms with Crippen LogP contribution in [0.5, 0.6) is 0 Å². The first-order valence-electron chi connectivity index (χ1n) is 27.4. The fraction of sp³-hybridized carbons (Fsp3) is 0.533. The van der Waals surface area contributed by atoms with E-state index in [1.807, 2.05) is 93.4 Å². The van der Waals surface area contributed by atoms with E-state index in [2.05, 4.69) is 9.97 Å². The van der Waals surface area contributed by atoms with Crippen LogP contribution >= 0.6 is 0 Å². The Morgan fingerprint density at radius 2 is 0.912 bits per heavy atom. The van der Waals surface area contributed by atoms with Crippen molar-refractivity contribution in [1.82, 2.24) is 38.7 Å². The van der Waals surface area contributed by atoms with Crippen molar-refractivity contribution in [3.63, 3.8) is 0 Å². The lowest BCUT2D eigenvalue weighted by molar-refractivity contribution is -0.174. The highest BCUT2D eigenvalue weighted by atomic mass is 16.6. The molecule has 80 heavy (non-hydrogen) atoms. The minimum absolute atomic E-state index is 0.0722. The molecule has 2 aromatic heterocycles. The summed E-state index contributed by atoms with van der Waals surface area (Å²) in [6.45, 7) is 18.3. The van der Waals surface area contributed by atoms with Crippen molar-refractivity contribution >= 4 is 47.5 Å². The molecule has 1 unspecified atom stereocenters. The monoisotopic (exact) mass is 1110 g/mol. The van der Waals surface area contributed by atoms with Gasteiger partial charge in [-0.2, -0.15) is 0 Å². The van der Waals surface area contributed by atoms with Gasteiger partial charge in [0.05, 0.1) is 12.7 Å². The van der Waals surface area contributed by atoms with Crippen molar-refractivity contribution in [2.24, 2.45) is 23.7 Å². The van der Waals surface area contributed by atoms with Crippen molar-refractivity contribution < 1.29 is 57.3 Å². The third kappa shape index (κ3) is 17.7. The highest BCUT2D eigenvalue weighted by Crippen LogP contribution is 2.25. The van der Waals surface area contributed by atoms with Gasteiger partial charge in [0.15, 0.2) is 24.4 Å². The summed E-state index contributed by atoms with van der Waals surface area (Å²) in [4.78, 5) is 130. The van der Waals surface area contributed by atoms with Crippen molar-refractivity contribution in [1.29, 1.82) is 0 Å². The smallest absolute Gasteiger partial charge is 0.355 e. The molecule has 1 saturated heterocycles. The number of nitrogens with zero attached hydrogens (tertiary/aromatic N) is 8. The molecule has 5 rings (SSSR count). The number of cyclic esters (lactones) is 4. The number of carbonyl (C=O) groups is 8. The maximum Gasteiger partial charge on any atom is 0.355 e. The molecule has 4 aromatic rings. The molecule has 0 bridgehead atoms. The zero-order valence-corrected chi connectivity index (χ0v) is 48.9. The van der Waals surface area contributed by atoms with E-state index >= 15 is 4.79 Å². The fourth-order valence-corrected chi connectivity index (χ4v) is 9.42. The molecule has 20 heteroatoms. The lowest BCUT2D eigenvalue weighted by atomic mass is 9.99. The topological polar surface area (TPSA) is 222 Å². The first-order valence-corrected chi connectivity index (χ1v) is 27.4. The normalized spacial score (nSPS) is 22.8. The van der Waals surface area contributed by atoms with Gasteiger partial charge in [0.2, 0.25) is 0 Å². The van der Waals surface area contributed by atoms with Crippen LogP contribution in [0.15, 0.2) is 97.7 Å². The Morgan fingerprint density at radius 3 is 1.38 bits per heavy atom. The van der Waals surface area contributed by atoms with Crippen molar-refractivity contribution in [2.45, 2.75) is 157 Å².